The molecular formula is C23H29IN6. The van der Waals surface area contributed by atoms with Gasteiger partial charge in [0.25, 0.3) is 0 Å². The summed E-state index contributed by atoms with van der Waals surface area (Å²) in [6.07, 6.45) is 9.19. The quantitative estimate of drug-likeness (QED) is 0.283. The lowest BCUT2D eigenvalue weighted by molar-refractivity contribution is 0.244. The summed E-state index contributed by atoms with van der Waals surface area (Å²) in [5, 5.41) is 11.2. The minimum Gasteiger partial charge on any atom is -0.357 e. The van der Waals surface area contributed by atoms with E-state index in [-0.39, 0.29) is 29.4 Å². The van der Waals surface area contributed by atoms with Gasteiger partial charge in [0.15, 0.2) is 11.8 Å². The summed E-state index contributed by atoms with van der Waals surface area (Å²) in [7, 11) is 0. The van der Waals surface area contributed by atoms with Crippen LogP contribution < -0.4 is 10.6 Å². The molecule has 2 aromatic heterocycles. The average molecular weight is 516 g/mol. The van der Waals surface area contributed by atoms with Crippen molar-refractivity contribution in [3.8, 4) is 5.82 Å². The molecule has 1 saturated carbocycles. The summed E-state index contributed by atoms with van der Waals surface area (Å²) in [4.78, 5) is 9.19. The lowest BCUT2D eigenvalue weighted by atomic mass is 9.64. The Balaban J connectivity index is 0.00000256. The molecule has 7 heteroatoms. The Kier molecular flexibility index (Phi) is 7.84. The topological polar surface area (TPSA) is 67.1 Å². The van der Waals surface area contributed by atoms with Gasteiger partial charge in [-0.15, -0.1) is 24.0 Å². The normalized spacial score (nSPS) is 15.0. The molecule has 158 valence electrons. The highest BCUT2D eigenvalue weighted by Crippen LogP contribution is 2.43. The lowest BCUT2D eigenvalue weighted by Gasteiger charge is -2.43. The molecule has 0 amide bonds. The van der Waals surface area contributed by atoms with Crippen molar-refractivity contribution in [3.63, 3.8) is 0 Å². The maximum absolute atomic E-state index is 4.80. The van der Waals surface area contributed by atoms with Crippen LogP contribution in [0.1, 0.15) is 37.3 Å². The zero-order chi connectivity index (χ0) is 19.9. The van der Waals surface area contributed by atoms with Crippen LogP contribution in [0, 0.1) is 0 Å². The average Bonchev–Trinajstić information content (AvgIpc) is 3.27. The molecule has 0 unspecified atom stereocenters. The maximum Gasteiger partial charge on any atom is 0.191 e. The fourth-order valence-corrected chi connectivity index (χ4v) is 3.82. The Bertz CT molecular complexity index is 935. The van der Waals surface area contributed by atoms with Crippen LogP contribution in [0.4, 0.5) is 0 Å². The van der Waals surface area contributed by atoms with Crippen LogP contribution in [-0.2, 0) is 12.0 Å². The molecule has 0 spiro atoms. The highest BCUT2D eigenvalue weighted by atomic mass is 127. The van der Waals surface area contributed by atoms with Crippen LogP contribution in [0.15, 0.2) is 72.1 Å². The molecule has 2 heterocycles. The van der Waals surface area contributed by atoms with Crippen molar-refractivity contribution < 1.29 is 0 Å². The Morgan fingerprint density at radius 1 is 1.10 bits per heavy atom. The Hall–Kier alpha value is -2.42. The van der Waals surface area contributed by atoms with Crippen LogP contribution in [-0.4, -0.2) is 33.8 Å². The standard InChI is InChI=1S/C23H28N6.HI/c1-2-24-22(27-18-23(11-6-12-23)20-8-4-3-5-9-20)26-17-19-10-14-25-21(16-19)29-15-7-13-28-29;/h3-5,7-10,13-16H,2,6,11-12,17-18H2,1H3,(H2,24,26,27);1H. The molecule has 0 aliphatic heterocycles. The van der Waals surface area contributed by atoms with Crippen molar-refractivity contribution in [2.24, 2.45) is 4.99 Å². The van der Waals surface area contributed by atoms with Gasteiger partial charge in [-0.2, -0.15) is 5.10 Å². The van der Waals surface area contributed by atoms with Crippen molar-refractivity contribution in [1.29, 1.82) is 0 Å². The number of benzene rings is 1. The predicted molar refractivity (Wildman–Crippen MR) is 132 cm³/mol. The number of guanidine groups is 1. The molecule has 0 saturated heterocycles. The molecule has 6 nitrogen and oxygen atoms in total. The second-order valence-corrected chi connectivity index (χ2v) is 7.52. The van der Waals surface area contributed by atoms with E-state index in [0.29, 0.717) is 6.54 Å². The third-order valence-electron chi connectivity index (χ3n) is 5.60. The van der Waals surface area contributed by atoms with Crippen LogP contribution in [0.2, 0.25) is 0 Å². The van der Waals surface area contributed by atoms with Crippen LogP contribution >= 0.6 is 24.0 Å². The van der Waals surface area contributed by atoms with Gasteiger partial charge in [0.2, 0.25) is 0 Å². The number of aliphatic imine (C=N–C) groups is 1. The summed E-state index contributed by atoms with van der Waals surface area (Å²) in [6.45, 7) is 4.41. The highest BCUT2D eigenvalue weighted by Gasteiger charge is 2.38. The summed E-state index contributed by atoms with van der Waals surface area (Å²) in [5.41, 5.74) is 2.75. The number of hydrogen-bond acceptors (Lipinski definition) is 3. The fraction of sp³-hybridized carbons (Fsp3) is 0.348. The number of aromatic nitrogens is 3. The van der Waals surface area contributed by atoms with Gasteiger partial charge in [-0.1, -0.05) is 36.8 Å². The molecule has 1 aromatic carbocycles. The van der Waals surface area contributed by atoms with Crippen LogP contribution in [0.3, 0.4) is 0 Å². The van der Waals surface area contributed by atoms with E-state index < -0.39 is 0 Å². The zero-order valence-electron chi connectivity index (χ0n) is 17.3. The van der Waals surface area contributed by atoms with E-state index in [1.807, 2.05) is 24.4 Å². The van der Waals surface area contributed by atoms with E-state index in [1.54, 1.807) is 17.1 Å². The van der Waals surface area contributed by atoms with Gasteiger partial charge in [-0.25, -0.2) is 14.7 Å². The molecule has 1 fully saturated rings. The first-order valence-electron chi connectivity index (χ1n) is 10.3. The summed E-state index contributed by atoms with van der Waals surface area (Å²) < 4.78 is 1.76. The van der Waals surface area contributed by atoms with Crippen molar-refractivity contribution in [2.75, 3.05) is 13.1 Å². The first kappa shape index (κ1) is 22.3. The Morgan fingerprint density at radius 3 is 2.60 bits per heavy atom. The molecule has 0 atom stereocenters. The molecule has 2 N–H and O–H groups in total. The Labute approximate surface area is 195 Å². The number of hydrogen-bond donors (Lipinski definition) is 2. The predicted octanol–water partition coefficient (Wildman–Crippen LogP) is 4.06. The maximum atomic E-state index is 4.80. The van der Waals surface area contributed by atoms with Gasteiger partial charge in [-0.3, -0.25) is 0 Å². The van der Waals surface area contributed by atoms with Gasteiger partial charge in [-0.05, 0) is 49.1 Å². The number of rotatable bonds is 7. The number of pyridine rings is 1. The molecular weight excluding hydrogens is 487 g/mol. The minimum absolute atomic E-state index is 0. The molecule has 30 heavy (non-hydrogen) atoms. The first-order chi connectivity index (χ1) is 14.3. The van der Waals surface area contributed by atoms with Crippen molar-refractivity contribution in [1.82, 2.24) is 25.4 Å². The van der Waals surface area contributed by atoms with E-state index in [1.165, 1.54) is 24.8 Å². The van der Waals surface area contributed by atoms with Crippen LogP contribution in [0.25, 0.3) is 5.82 Å². The monoisotopic (exact) mass is 516 g/mol. The van der Waals surface area contributed by atoms with Crippen molar-refractivity contribution in [3.05, 3.63) is 78.2 Å². The highest BCUT2D eigenvalue weighted by molar-refractivity contribution is 14.0. The third kappa shape index (κ3) is 5.19. The molecule has 0 radical (unpaired) electrons. The molecule has 0 bridgehead atoms. The second kappa shape index (κ2) is 10.6. The lowest BCUT2D eigenvalue weighted by Crippen LogP contribution is -2.48. The Morgan fingerprint density at radius 2 is 1.93 bits per heavy atom. The first-order valence-corrected chi connectivity index (χ1v) is 10.3. The van der Waals surface area contributed by atoms with Gasteiger partial charge in [0, 0.05) is 37.1 Å². The van der Waals surface area contributed by atoms with E-state index in [2.05, 4.69) is 58.0 Å². The molecule has 1 aliphatic rings. The SMILES string of the molecule is CCNC(=NCc1ccnc(-n2cccn2)c1)NCC1(c2ccccc2)CCC1.I. The molecule has 3 aromatic rings. The van der Waals surface area contributed by atoms with E-state index in [4.69, 9.17) is 4.99 Å². The van der Waals surface area contributed by atoms with Gasteiger partial charge in [0.1, 0.15) is 0 Å². The number of halogens is 1. The van der Waals surface area contributed by atoms with Gasteiger partial charge in [0.05, 0.1) is 6.54 Å². The summed E-state index contributed by atoms with van der Waals surface area (Å²) >= 11 is 0. The van der Waals surface area contributed by atoms with Crippen molar-refractivity contribution >= 4 is 29.9 Å². The largest absolute Gasteiger partial charge is 0.357 e. The fourth-order valence-electron chi connectivity index (χ4n) is 3.82. The van der Waals surface area contributed by atoms with E-state index in [9.17, 15) is 0 Å². The second-order valence-electron chi connectivity index (χ2n) is 7.52. The molecule has 4 rings (SSSR count). The summed E-state index contributed by atoms with van der Waals surface area (Å²) in [6, 6.07) is 16.8. The zero-order valence-corrected chi connectivity index (χ0v) is 19.6. The van der Waals surface area contributed by atoms with Crippen LogP contribution in [0.5, 0.6) is 0 Å². The van der Waals surface area contributed by atoms with E-state index >= 15 is 0 Å². The third-order valence-corrected chi connectivity index (χ3v) is 5.60. The van der Waals surface area contributed by atoms with E-state index in [0.717, 1.165) is 30.4 Å². The smallest absolute Gasteiger partial charge is 0.191 e. The summed E-state index contributed by atoms with van der Waals surface area (Å²) in [5.74, 6) is 1.66. The van der Waals surface area contributed by atoms with Gasteiger partial charge < -0.3 is 10.6 Å². The minimum atomic E-state index is 0. The molecule has 1 aliphatic carbocycles. The van der Waals surface area contributed by atoms with Crippen molar-refractivity contribution in [2.45, 2.75) is 38.1 Å². The number of nitrogens with zero attached hydrogens (tertiary/aromatic N) is 4. The van der Waals surface area contributed by atoms with Gasteiger partial charge >= 0.3 is 0 Å². The number of nitrogens with one attached hydrogen (secondary N) is 2.